The predicted molar refractivity (Wildman–Crippen MR) is 105 cm³/mol. The number of unbranched alkanes of at least 4 members (excludes halogenated alkanes) is 9. The Morgan fingerprint density at radius 1 is 0.708 bits per heavy atom. The van der Waals surface area contributed by atoms with Crippen LogP contribution >= 0.6 is 23.2 Å². The van der Waals surface area contributed by atoms with Crippen molar-refractivity contribution in [1.29, 1.82) is 0 Å². The van der Waals surface area contributed by atoms with E-state index in [0.717, 1.165) is 32.1 Å². The lowest BCUT2D eigenvalue weighted by Crippen LogP contribution is -2.19. The lowest BCUT2D eigenvalue weighted by atomic mass is 9.84. The maximum Gasteiger partial charge on any atom is 0.224 e. The summed E-state index contributed by atoms with van der Waals surface area (Å²) in [6.07, 6.45) is 15.8. The van der Waals surface area contributed by atoms with Crippen molar-refractivity contribution in [3.05, 3.63) is 0 Å². The molecule has 0 N–H and O–H groups in total. The average molecular weight is 379 g/mol. The third-order valence-corrected chi connectivity index (χ3v) is 5.49. The van der Waals surface area contributed by atoms with Crippen LogP contribution in [0.3, 0.4) is 0 Å². The van der Waals surface area contributed by atoms with E-state index in [4.69, 9.17) is 23.2 Å². The second-order valence-electron chi connectivity index (χ2n) is 6.92. The van der Waals surface area contributed by atoms with Gasteiger partial charge in [-0.05, 0) is 48.4 Å². The molecule has 142 valence electrons. The van der Waals surface area contributed by atoms with E-state index in [-0.39, 0.29) is 16.4 Å². The van der Waals surface area contributed by atoms with E-state index in [1.165, 1.54) is 51.4 Å². The number of hydrogen-bond donors (Lipinski definition) is 0. The molecule has 0 saturated heterocycles. The third-order valence-electron chi connectivity index (χ3n) is 5.02. The lowest BCUT2D eigenvalue weighted by molar-refractivity contribution is -0.117. The van der Waals surface area contributed by atoms with Gasteiger partial charge < -0.3 is 0 Å². The van der Waals surface area contributed by atoms with Gasteiger partial charge in [-0.3, -0.25) is 9.59 Å². The zero-order valence-electron chi connectivity index (χ0n) is 15.6. The van der Waals surface area contributed by atoms with Gasteiger partial charge in [0, 0.05) is 12.3 Å². The Bertz CT molecular complexity index is 332. The first-order valence-electron chi connectivity index (χ1n) is 9.90. The summed E-state index contributed by atoms with van der Waals surface area (Å²) in [7, 11) is 0. The smallest absolute Gasteiger partial charge is 0.224 e. The van der Waals surface area contributed by atoms with E-state index in [9.17, 15) is 9.59 Å². The zero-order valence-corrected chi connectivity index (χ0v) is 17.1. The first-order chi connectivity index (χ1) is 11.5. The standard InChI is InChI=1S/C20H36Cl2O2/c1-3-17(18(4-2)20(22)24)15-13-11-9-7-5-6-8-10-12-14-16-19(21)23/h17-18H,3-16H2,1-2H3. The molecule has 0 aliphatic heterocycles. The predicted octanol–water partition coefficient (Wildman–Crippen LogP) is 7.25. The summed E-state index contributed by atoms with van der Waals surface area (Å²) in [5, 5.41) is -0.360. The van der Waals surface area contributed by atoms with Crippen LogP contribution in [-0.4, -0.2) is 10.5 Å². The summed E-state index contributed by atoms with van der Waals surface area (Å²) in [6.45, 7) is 4.22. The Kier molecular flexibility index (Phi) is 16.3. The quantitative estimate of drug-likeness (QED) is 0.197. The molecule has 0 aromatic heterocycles. The van der Waals surface area contributed by atoms with E-state index < -0.39 is 0 Å². The fraction of sp³-hybridized carbons (Fsp3) is 0.900. The monoisotopic (exact) mass is 378 g/mol. The number of rotatable bonds is 17. The van der Waals surface area contributed by atoms with Crippen LogP contribution in [-0.2, 0) is 9.59 Å². The van der Waals surface area contributed by atoms with Crippen molar-refractivity contribution in [2.24, 2.45) is 11.8 Å². The van der Waals surface area contributed by atoms with Gasteiger partial charge in [-0.2, -0.15) is 0 Å². The molecule has 0 aromatic carbocycles. The average Bonchev–Trinajstić information content (AvgIpc) is 2.54. The first kappa shape index (κ1) is 23.9. The second kappa shape index (κ2) is 16.4. The largest absolute Gasteiger partial charge is 0.281 e. The summed E-state index contributed by atoms with van der Waals surface area (Å²) < 4.78 is 0. The normalized spacial score (nSPS) is 13.7. The minimum absolute atomic E-state index is 0.0470. The molecule has 2 unspecified atom stereocenters. The molecule has 0 saturated carbocycles. The summed E-state index contributed by atoms with van der Waals surface area (Å²) in [5.41, 5.74) is 0. The van der Waals surface area contributed by atoms with Gasteiger partial charge in [-0.1, -0.05) is 78.1 Å². The molecule has 0 rings (SSSR count). The Morgan fingerprint density at radius 3 is 1.54 bits per heavy atom. The Hall–Kier alpha value is -0.0800. The third kappa shape index (κ3) is 13.2. The molecule has 0 aliphatic rings. The summed E-state index contributed by atoms with van der Waals surface area (Å²) in [5.74, 6) is 0.505. The van der Waals surface area contributed by atoms with Crippen LogP contribution in [0, 0.1) is 11.8 Å². The van der Waals surface area contributed by atoms with Crippen LogP contribution in [0.2, 0.25) is 0 Å². The molecule has 0 amide bonds. The molecule has 2 nitrogen and oxygen atoms in total. The van der Waals surface area contributed by atoms with Gasteiger partial charge in [0.15, 0.2) is 0 Å². The highest BCUT2D eigenvalue weighted by Gasteiger charge is 2.23. The highest BCUT2D eigenvalue weighted by atomic mass is 35.5. The molecule has 0 heterocycles. The van der Waals surface area contributed by atoms with E-state index in [1.807, 2.05) is 0 Å². The fourth-order valence-electron chi connectivity index (χ4n) is 3.45. The molecule has 0 fully saturated rings. The van der Waals surface area contributed by atoms with Gasteiger partial charge in [0.05, 0.1) is 0 Å². The highest BCUT2D eigenvalue weighted by Crippen LogP contribution is 2.27. The Labute approximate surface area is 159 Å². The van der Waals surface area contributed by atoms with Crippen LogP contribution in [0.15, 0.2) is 0 Å². The Balaban J connectivity index is 3.46. The second-order valence-corrected chi connectivity index (χ2v) is 7.71. The number of hydrogen-bond acceptors (Lipinski definition) is 2. The van der Waals surface area contributed by atoms with Crippen LogP contribution in [0.1, 0.15) is 104 Å². The van der Waals surface area contributed by atoms with Crippen LogP contribution < -0.4 is 0 Å². The van der Waals surface area contributed by atoms with Gasteiger partial charge in [0.2, 0.25) is 10.5 Å². The van der Waals surface area contributed by atoms with Crippen molar-refractivity contribution in [3.8, 4) is 0 Å². The van der Waals surface area contributed by atoms with Crippen LogP contribution in [0.25, 0.3) is 0 Å². The number of halogens is 2. The van der Waals surface area contributed by atoms with Crippen molar-refractivity contribution in [3.63, 3.8) is 0 Å². The molecular weight excluding hydrogens is 343 g/mol. The summed E-state index contributed by atoms with van der Waals surface area (Å²) >= 11 is 11.0. The molecule has 0 aliphatic carbocycles. The number of carbonyl (C=O) groups is 2. The maximum absolute atomic E-state index is 11.5. The fourth-order valence-corrected chi connectivity index (χ4v) is 3.92. The van der Waals surface area contributed by atoms with Crippen molar-refractivity contribution in [2.45, 2.75) is 104 Å². The molecule has 0 aromatic rings. The van der Waals surface area contributed by atoms with Gasteiger partial charge in [-0.25, -0.2) is 0 Å². The zero-order chi connectivity index (χ0) is 18.2. The minimum Gasteiger partial charge on any atom is -0.281 e. The maximum atomic E-state index is 11.5. The topological polar surface area (TPSA) is 34.1 Å². The van der Waals surface area contributed by atoms with Crippen LogP contribution in [0.4, 0.5) is 0 Å². The molecule has 2 atom stereocenters. The Morgan fingerprint density at radius 2 is 1.17 bits per heavy atom. The van der Waals surface area contributed by atoms with E-state index in [0.29, 0.717) is 12.3 Å². The molecule has 4 heteroatoms. The molecular formula is C20H36Cl2O2. The van der Waals surface area contributed by atoms with Gasteiger partial charge in [0.1, 0.15) is 0 Å². The first-order valence-corrected chi connectivity index (χ1v) is 10.7. The summed E-state index contributed by atoms with van der Waals surface area (Å²) in [6, 6.07) is 0. The van der Waals surface area contributed by atoms with Crippen molar-refractivity contribution in [2.75, 3.05) is 0 Å². The minimum atomic E-state index is -0.207. The lowest BCUT2D eigenvalue weighted by Gasteiger charge is -2.21. The van der Waals surface area contributed by atoms with Crippen molar-refractivity contribution in [1.82, 2.24) is 0 Å². The molecule has 0 radical (unpaired) electrons. The van der Waals surface area contributed by atoms with Gasteiger partial charge in [-0.15, -0.1) is 0 Å². The van der Waals surface area contributed by atoms with Gasteiger partial charge in [0.25, 0.3) is 0 Å². The van der Waals surface area contributed by atoms with E-state index >= 15 is 0 Å². The highest BCUT2D eigenvalue weighted by molar-refractivity contribution is 6.64. The SMILES string of the molecule is CCC(CCCCCCCCCCCCC(=O)Cl)C(CC)C(=O)Cl. The van der Waals surface area contributed by atoms with Gasteiger partial charge >= 0.3 is 0 Å². The summed E-state index contributed by atoms with van der Waals surface area (Å²) in [4.78, 5) is 22.0. The molecule has 24 heavy (non-hydrogen) atoms. The molecule has 0 bridgehead atoms. The van der Waals surface area contributed by atoms with E-state index in [2.05, 4.69) is 13.8 Å². The number of carbonyl (C=O) groups excluding carboxylic acids is 2. The van der Waals surface area contributed by atoms with E-state index in [1.54, 1.807) is 0 Å². The van der Waals surface area contributed by atoms with Crippen molar-refractivity contribution >= 4 is 33.7 Å². The van der Waals surface area contributed by atoms with Crippen molar-refractivity contribution < 1.29 is 9.59 Å². The molecule has 0 spiro atoms. The van der Waals surface area contributed by atoms with Crippen LogP contribution in [0.5, 0.6) is 0 Å².